The van der Waals surface area contributed by atoms with Crippen LogP contribution in [0.15, 0.2) is 30.7 Å². The molecule has 1 fully saturated rings. The molecule has 22 heavy (non-hydrogen) atoms. The predicted molar refractivity (Wildman–Crippen MR) is 88.6 cm³/mol. The first-order chi connectivity index (χ1) is 10.7. The summed E-state index contributed by atoms with van der Waals surface area (Å²) in [5, 5.41) is 0. The molecule has 0 saturated carbocycles. The molecule has 3 heterocycles. The van der Waals surface area contributed by atoms with Gasteiger partial charge in [-0.2, -0.15) is 0 Å². The number of aromatic nitrogens is 3. The van der Waals surface area contributed by atoms with Crippen LogP contribution in [0, 0.1) is 12.8 Å². The first kappa shape index (κ1) is 15.2. The van der Waals surface area contributed by atoms with Gasteiger partial charge in [-0.15, -0.1) is 0 Å². The van der Waals surface area contributed by atoms with Crippen molar-refractivity contribution in [2.75, 3.05) is 13.1 Å². The molecule has 1 atom stereocenters. The third-order valence-corrected chi connectivity index (χ3v) is 4.66. The van der Waals surface area contributed by atoms with E-state index >= 15 is 0 Å². The molecule has 2 aromatic rings. The van der Waals surface area contributed by atoms with Crippen LogP contribution in [0.5, 0.6) is 0 Å². The molecule has 4 heteroatoms. The van der Waals surface area contributed by atoms with Gasteiger partial charge >= 0.3 is 0 Å². The van der Waals surface area contributed by atoms with E-state index in [-0.39, 0.29) is 0 Å². The highest BCUT2D eigenvalue weighted by Crippen LogP contribution is 2.20. The highest BCUT2D eigenvalue weighted by molar-refractivity contribution is 5.13. The van der Waals surface area contributed by atoms with Crippen LogP contribution in [0.4, 0.5) is 0 Å². The molecule has 0 N–H and O–H groups in total. The first-order valence-electron chi connectivity index (χ1n) is 8.38. The van der Waals surface area contributed by atoms with E-state index in [1.165, 1.54) is 30.6 Å². The summed E-state index contributed by atoms with van der Waals surface area (Å²) < 4.78 is 2.28. The monoisotopic (exact) mass is 298 g/mol. The summed E-state index contributed by atoms with van der Waals surface area (Å²) >= 11 is 0. The third-order valence-electron chi connectivity index (χ3n) is 4.66. The number of hydrogen-bond acceptors (Lipinski definition) is 3. The average Bonchev–Trinajstić information content (AvgIpc) is 2.94. The summed E-state index contributed by atoms with van der Waals surface area (Å²) in [6, 6.07) is 4.39. The van der Waals surface area contributed by atoms with E-state index in [4.69, 9.17) is 0 Å². The summed E-state index contributed by atoms with van der Waals surface area (Å²) in [5.41, 5.74) is 2.51. The Hall–Kier alpha value is -1.68. The fraction of sp³-hybridized carbons (Fsp3) is 0.556. The van der Waals surface area contributed by atoms with Crippen LogP contribution in [0.25, 0.3) is 0 Å². The number of nitrogens with zero attached hydrogens (tertiary/aromatic N) is 4. The maximum Gasteiger partial charge on any atom is 0.105 e. The van der Waals surface area contributed by atoms with Crippen molar-refractivity contribution < 1.29 is 0 Å². The zero-order chi connectivity index (χ0) is 15.4. The van der Waals surface area contributed by atoms with Crippen molar-refractivity contribution in [2.24, 2.45) is 5.92 Å². The molecule has 0 unspecified atom stereocenters. The Kier molecular flexibility index (Phi) is 4.88. The van der Waals surface area contributed by atoms with Crippen molar-refractivity contribution >= 4 is 0 Å². The lowest BCUT2D eigenvalue weighted by molar-refractivity contribution is 0.154. The van der Waals surface area contributed by atoms with E-state index in [9.17, 15) is 0 Å². The molecule has 3 rings (SSSR count). The maximum absolute atomic E-state index is 4.60. The predicted octanol–water partition coefficient (Wildman–Crippen LogP) is 3.06. The van der Waals surface area contributed by atoms with Gasteiger partial charge in [0.15, 0.2) is 0 Å². The highest BCUT2D eigenvalue weighted by atomic mass is 15.1. The van der Waals surface area contributed by atoms with E-state index in [0.717, 1.165) is 37.8 Å². The molecular formula is C18H26N4. The molecule has 2 aromatic heterocycles. The minimum atomic E-state index is 0.719. The molecule has 0 spiro atoms. The van der Waals surface area contributed by atoms with E-state index < -0.39 is 0 Å². The molecular weight excluding hydrogens is 272 g/mol. The lowest BCUT2D eigenvalue weighted by Crippen LogP contribution is -2.36. The van der Waals surface area contributed by atoms with E-state index in [0.29, 0.717) is 0 Å². The minimum absolute atomic E-state index is 0.719. The average molecular weight is 298 g/mol. The second-order valence-electron chi connectivity index (χ2n) is 6.38. The van der Waals surface area contributed by atoms with Gasteiger partial charge in [0, 0.05) is 38.2 Å². The minimum Gasteiger partial charge on any atom is -0.335 e. The fourth-order valence-corrected chi connectivity index (χ4v) is 3.31. The lowest BCUT2D eigenvalue weighted by atomic mass is 9.97. The highest BCUT2D eigenvalue weighted by Gasteiger charge is 2.21. The maximum atomic E-state index is 4.60. The van der Waals surface area contributed by atoms with Gasteiger partial charge in [0.2, 0.25) is 0 Å². The topological polar surface area (TPSA) is 34.0 Å². The van der Waals surface area contributed by atoms with Gasteiger partial charge in [0.25, 0.3) is 0 Å². The largest absolute Gasteiger partial charge is 0.335 e. The smallest absolute Gasteiger partial charge is 0.105 e. The van der Waals surface area contributed by atoms with Crippen molar-refractivity contribution in [2.45, 2.75) is 46.2 Å². The molecule has 1 saturated heterocycles. The van der Waals surface area contributed by atoms with Crippen molar-refractivity contribution in [1.82, 2.24) is 19.4 Å². The van der Waals surface area contributed by atoms with Gasteiger partial charge in [-0.05, 0) is 50.3 Å². The van der Waals surface area contributed by atoms with Gasteiger partial charge in [-0.3, -0.25) is 9.88 Å². The number of imidazole rings is 1. The number of piperidine rings is 1. The molecule has 0 radical (unpaired) electrons. The Morgan fingerprint density at radius 3 is 2.86 bits per heavy atom. The van der Waals surface area contributed by atoms with Crippen LogP contribution >= 0.6 is 0 Å². The first-order valence-corrected chi connectivity index (χ1v) is 8.38. The van der Waals surface area contributed by atoms with Crippen molar-refractivity contribution in [3.05, 3.63) is 47.8 Å². The normalized spacial score (nSPS) is 19.5. The van der Waals surface area contributed by atoms with Crippen LogP contribution in [-0.4, -0.2) is 32.5 Å². The number of aryl methyl sites for hydroxylation is 2. The fourth-order valence-electron chi connectivity index (χ4n) is 3.31. The molecule has 0 aromatic carbocycles. The second-order valence-corrected chi connectivity index (χ2v) is 6.38. The molecule has 0 amide bonds. The van der Waals surface area contributed by atoms with Crippen LogP contribution in [0.1, 0.15) is 36.8 Å². The lowest BCUT2D eigenvalue weighted by Gasteiger charge is -2.32. The second kappa shape index (κ2) is 7.05. The summed E-state index contributed by atoms with van der Waals surface area (Å²) in [5.74, 6) is 1.84. The summed E-state index contributed by atoms with van der Waals surface area (Å²) in [7, 11) is 0. The number of pyridine rings is 1. The summed E-state index contributed by atoms with van der Waals surface area (Å²) in [4.78, 5) is 11.5. The van der Waals surface area contributed by atoms with Gasteiger partial charge in [0.05, 0.1) is 5.69 Å². The molecule has 0 bridgehead atoms. The Morgan fingerprint density at radius 1 is 1.27 bits per heavy atom. The summed E-state index contributed by atoms with van der Waals surface area (Å²) in [6.07, 6.45) is 9.67. The third kappa shape index (κ3) is 3.74. The quantitative estimate of drug-likeness (QED) is 0.851. The van der Waals surface area contributed by atoms with E-state index in [1.54, 1.807) is 0 Å². The SMILES string of the molecule is CCc1ccc(CN2CCC[C@H](Cn3ccnc3C)C2)nc1. The molecule has 118 valence electrons. The van der Waals surface area contributed by atoms with Gasteiger partial charge in [-0.1, -0.05) is 13.0 Å². The molecule has 1 aliphatic rings. The summed E-state index contributed by atoms with van der Waals surface area (Å²) in [6.45, 7) is 8.67. The zero-order valence-corrected chi connectivity index (χ0v) is 13.7. The van der Waals surface area contributed by atoms with Gasteiger partial charge in [0.1, 0.15) is 5.82 Å². The van der Waals surface area contributed by atoms with Crippen LogP contribution in [0.3, 0.4) is 0 Å². The molecule has 0 aliphatic carbocycles. The van der Waals surface area contributed by atoms with Gasteiger partial charge in [-0.25, -0.2) is 4.98 Å². The van der Waals surface area contributed by atoms with E-state index in [1.807, 2.05) is 12.4 Å². The Labute approximate surface area is 133 Å². The Morgan fingerprint density at radius 2 is 2.18 bits per heavy atom. The number of rotatable bonds is 5. The van der Waals surface area contributed by atoms with Crippen molar-refractivity contribution in [3.63, 3.8) is 0 Å². The van der Waals surface area contributed by atoms with Gasteiger partial charge < -0.3 is 4.57 Å². The van der Waals surface area contributed by atoms with Crippen LogP contribution in [0.2, 0.25) is 0 Å². The van der Waals surface area contributed by atoms with Crippen molar-refractivity contribution in [1.29, 1.82) is 0 Å². The zero-order valence-electron chi connectivity index (χ0n) is 13.7. The number of likely N-dealkylation sites (tertiary alicyclic amines) is 1. The molecule has 1 aliphatic heterocycles. The number of hydrogen-bond donors (Lipinski definition) is 0. The molecule has 4 nitrogen and oxygen atoms in total. The Balaban J connectivity index is 1.57. The standard InChI is InChI=1S/C18H26N4/c1-3-16-6-7-18(20-11-16)14-21-9-4-5-17(12-21)13-22-10-8-19-15(22)2/h6-8,10-11,17H,3-5,9,12-14H2,1-2H3/t17-/m0/s1. The van der Waals surface area contributed by atoms with Crippen LogP contribution in [-0.2, 0) is 19.5 Å². The van der Waals surface area contributed by atoms with Crippen molar-refractivity contribution in [3.8, 4) is 0 Å². The Bertz CT molecular complexity index is 587. The van der Waals surface area contributed by atoms with E-state index in [2.05, 4.69) is 51.6 Å². The van der Waals surface area contributed by atoms with Crippen LogP contribution < -0.4 is 0 Å².